The minimum Gasteiger partial charge on any atom is -0.366 e. The molecule has 1 aliphatic rings. The zero-order valence-corrected chi connectivity index (χ0v) is 15.4. The van der Waals surface area contributed by atoms with Crippen molar-refractivity contribution in [3.63, 3.8) is 0 Å². The van der Waals surface area contributed by atoms with E-state index in [2.05, 4.69) is 5.32 Å². The van der Waals surface area contributed by atoms with Crippen molar-refractivity contribution in [2.45, 2.75) is 19.4 Å². The third-order valence-electron chi connectivity index (χ3n) is 4.36. The molecule has 0 saturated heterocycles. The molecule has 3 rings (SSSR count). The predicted octanol–water partition coefficient (Wildman–Crippen LogP) is 3.34. The molecule has 138 valence electrons. The number of halogens is 1. The van der Waals surface area contributed by atoms with Crippen molar-refractivity contribution in [3.05, 3.63) is 70.4 Å². The highest BCUT2D eigenvalue weighted by molar-refractivity contribution is 6.34. The van der Waals surface area contributed by atoms with Crippen LogP contribution in [0.2, 0.25) is 5.02 Å². The lowest BCUT2D eigenvalue weighted by Crippen LogP contribution is -2.33. The second-order valence-corrected chi connectivity index (χ2v) is 6.61. The summed E-state index contributed by atoms with van der Waals surface area (Å²) in [4.78, 5) is 37.5. The fraction of sp³-hybridized carbons (Fsp3) is 0.150. The average Bonchev–Trinajstić information content (AvgIpc) is 2.63. The van der Waals surface area contributed by atoms with Crippen LogP contribution in [0.1, 0.15) is 40.9 Å². The first-order chi connectivity index (χ1) is 12.9. The van der Waals surface area contributed by atoms with Crippen molar-refractivity contribution in [1.82, 2.24) is 4.90 Å². The number of nitrogens with zero attached hydrogens (tertiary/aromatic N) is 1. The number of hydrogen-bond acceptors (Lipinski definition) is 3. The molecule has 3 N–H and O–H groups in total. The van der Waals surface area contributed by atoms with E-state index in [-0.39, 0.29) is 28.8 Å². The Hall–Kier alpha value is -3.12. The van der Waals surface area contributed by atoms with Gasteiger partial charge in [0.15, 0.2) is 0 Å². The quantitative estimate of drug-likeness (QED) is 0.847. The number of carbonyl (C=O) groups excluding carboxylic acids is 3. The van der Waals surface area contributed by atoms with Gasteiger partial charge in [-0.25, -0.2) is 0 Å². The van der Waals surface area contributed by atoms with Crippen molar-refractivity contribution < 1.29 is 14.4 Å². The van der Waals surface area contributed by atoms with E-state index < -0.39 is 11.9 Å². The van der Waals surface area contributed by atoms with E-state index in [9.17, 15) is 14.4 Å². The van der Waals surface area contributed by atoms with E-state index in [4.69, 9.17) is 17.3 Å². The lowest BCUT2D eigenvalue weighted by Gasteiger charge is -2.32. The van der Waals surface area contributed by atoms with Crippen LogP contribution in [0.25, 0.3) is 6.08 Å². The van der Waals surface area contributed by atoms with Crippen molar-refractivity contribution in [2.75, 3.05) is 5.32 Å². The summed E-state index contributed by atoms with van der Waals surface area (Å²) in [6.07, 6.45) is 3.61. The second kappa shape index (κ2) is 7.63. The second-order valence-electron chi connectivity index (χ2n) is 6.20. The number of nitrogens with one attached hydrogen (secondary N) is 1. The Morgan fingerprint density at radius 2 is 1.93 bits per heavy atom. The fourth-order valence-electron chi connectivity index (χ4n) is 3.09. The van der Waals surface area contributed by atoms with Crippen LogP contribution in [0.5, 0.6) is 0 Å². The largest absolute Gasteiger partial charge is 0.366 e. The van der Waals surface area contributed by atoms with Gasteiger partial charge in [-0.15, -0.1) is 0 Å². The van der Waals surface area contributed by atoms with Gasteiger partial charge in [-0.05, 0) is 35.4 Å². The van der Waals surface area contributed by atoms with Gasteiger partial charge in [0.05, 0.1) is 23.0 Å². The Kier molecular flexibility index (Phi) is 5.28. The van der Waals surface area contributed by atoms with Gasteiger partial charge in [0.1, 0.15) is 0 Å². The minimum absolute atomic E-state index is 0.0649. The molecule has 27 heavy (non-hydrogen) atoms. The average molecular weight is 384 g/mol. The van der Waals surface area contributed by atoms with Crippen LogP contribution < -0.4 is 11.1 Å². The molecule has 2 aromatic carbocycles. The summed E-state index contributed by atoms with van der Waals surface area (Å²) >= 11 is 5.93. The first-order valence-electron chi connectivity index (χ1n) is 8.32. The van der Waals surface area contributed by atoms with Crippen LogP contribution in [0.3, 0.4) is 0 Å². The molecule has 6 nitrogen and oxygen atoms in total. The number of nitrogens with two attached hydrogens (primary N) is 1. The number of fused-ring (bicyclic) bond motifs is 1. The number of hydrogen-bond donors (Lipinski definition) is 2. The molecule has 1 atom stereocenters. The summed E-state index contributed by atoms with van der Waals surface area (Å²) in [5.41, 5.74) is 7.69. The Labute approximate surface area is 161 Å². The van der Waals surface area contributed by atoms with E-state index in [0.29, 0.717) is 5.69 Å². The summed E-state index contributed by atoms with van der Waals surface area (Å²) in [5, 5.41) is 2.95. The van der Waals surface area contributed by atoms with Gasteiger partial charge in [0.25, 0.3) is 0 Å². The summed E-state index contributed by atoms with van der Waals surface area (Å²) < 4.78 is 0. The van der Waals surface area contributed by atoms with Crippen LogP contribution in [-0.4, -0.2) is 22.6 Å². The fourth-order valence-corrected chi connectivity index (χ4v) is 3.30. The van der Waals surface area contributed by atoms with Crippen LogP contribution in [0, 0.1) is 0 Å². The molecule has 0 bridgehead atoms. The van der Waals surface area contributed by atoms with Gasteiger partial charge in [-0.1, -0.05) is 35.9 Å². The molecule has 2 aromatic rings. The maximum Gasteiger partial charge on any atom is 0.250 e. The smallest absolute Gasteiger partial charge is 0.250 e. The van der Waals surface area contributed by atoms with E-state index in [0.717, 1.165) is 11.1 Å². The zero-order valence-electron chi connectivity index (χ0n) is 14.6. The normalized spacial score (nSPS) is 15.2. The van der Waals surface area contributed by atoms with E-state index in [1.165, 1.54) is 19.1 Å². The lowest BCUT2D eigenvalue weighted by atomic mass is 9.93. The number of primary amides is 1. The maximum absolute atomic E-state index is 12.6. The molecule has 0 unspecified atom stereocenters. The minimum atomic E-state index is -0.676. The highest BCUT2D eigenvalue weighted by Gasteiger charge is 2.28. The Bertz CT molecular complexity index is 955. The molecule has 0 radical (unpaired) electrons. The van der Waals surface area contributed by atoms with Gasteiger partial charge in [0, 0.05) is 18.8 Å². The molecular weight excluding hydrogens is 366 g/mol. The molecule has 0 fully saturated rings. The first-order valence-corrected chi connectivity index (χ1v) is 8.70. The Balaban J connectivity index is 1.82. The molecular formula is C20H18ClN3O3. The number of amides is 3. The SMILES string of the molecule is CC(=O)N1C=Cc2ccccc2[C@@H]1CC(=O)Nc1ccc(Cl)c(C(N)=O)c1. The molecule has 0 spiro atoms. The maximum atomic E-state index is 12.6. The van der Waals surface area contributed by atoms with Gasteiger partial charge in [0.2, 0.25) is 17.7 Å². The Morgan fingerprint density at radius 3 is 2.63 bits per heavy atom. The molecule has 0 aliphatic carbocycles. The number of rotatable bonds is 4. The van der Waals surface area contributed by atoms with Crippen LogP contribution in [0.4, 0.5) is 5.69 Å². The monoisotopic (exact) mass is 383 g/mol. The number of benzene rings is 2. The van der Waals surface area contributed by atoms with Crippen molar-refractivity contribution in [1.29, 1.82) is 0 Å². The summed E-state index contributed by atoms with van der Waals surface area (Å²) in [5.74, 6) is -1.12. The van der Waals surface area contributed by atoms with Crippen LogP contribution >= 0.6 is 11.6 Å². The van der Waals surface area contributed by atoms with Gasteiger partial charge in [-0.2, -0.15) is 0 Å². The third kappa shape index (κ3) is 4.01. The van der Waals surface area contributed by atoms with Gasteiger partial charge < -0.3 is 16.0 Å². The standard InChI is InChI=1S/C20H18ClN3O3/c1-12(25)24-9-8-13-4-2-3-5-15(13)18(24)11-19(26)23-14-6-7-17(21)16(10-14)20(22)27/h2-10,18H,11H2,1H3,(H2,22,27)(H,23,26)/t18-/m0/s1. The zero-order chi connectivity index (χ0) is 19.6. The van der Waals surface area contributed by atoms with E-state index in [1.54, 1.807) is 17.2 Å². The third-order valence-corrected chi connectivity index (χ3v) is 4.69. The van der Waals surface area contributed by atoms with E-state index >= 15 is 0 Å². The highest BCUT2D eigenvalue weighted by Crippen LogP contribution is 2.33. The molecule has 3 amide bonds. The molecule has 1 heterocycles. The van der Waals surface area contributed by atoms with Crippen LogP contribution in [-0.2, 0) is 9.59 Å². The lowest BCUT2D eigenvalue weighted by molar-refractivity contribution is -0.129. The summed E-state index contributed by atoms with van der Waals surface area (Å²) in [7, 11) is 0. The van der Waals surface area contributed by atoms with Crippen molar-refractivity contribution >= 4 is 41.1 Å². The van der Waals surface area contributed by atoms with Crippen molar-refractivity contribution in [2.24, 2.45) is 5.73 Å². The first kappa shape index (κ1) is 18.7. The molecule has 0 saturated carbocycles. The van der Waals surface area contributed by atoms with Crippen molar-refractivity contribution in [3.8, 4) is 0 Å². The van der Waals surface area contributed by atoms with Gasteiger partial charge >= 0.3 is 0 Å². The van der Waals surface area contributed by atoms with E-state index in [1.807, 2.05) is 30.3 Å². The molecule has 1 aliphatic heterocycles. The topological polar surface area (TPSA) is 92.5 Å². The molecule has 7 heteroatoms. The number of carbonyl (C=O) groups is 3. The summed E-state index contributed by atoms with van der Waals surface area (Å²) in [6.45, 7) is 1.46. The Morgan fingerprint density at radius 1 is 1.19 bits per heavy atom. The highest BCUT2D eigenvalue weighted by atomic mass is 35.5. The van der Waals surface area contributed by atoms with Crippen LogP contribution in [0.15, 0.2) is 48.7 Å². The molecule has 0 aromatic heterocycles. The number of anilines is 1. The summed E-state index contributed by atoms with van der Waals surface area (Å²) in [6, 6.07) is 11.7. The van der Waals surface area contributed by atoms with Gasteiger partial charge in [-0.3, -0.25) is 14.4 Å². The predicted molar refractivity (Wildman–Crippen MR) is 104 cm³/mol.